The van der Waals surface area contributed by atoms with Gasteiger partial charge in [-0.15, -0.1) is 19.7 Å². The Kier molecular flexibility index (Phi) is 37.7. The molecule has 0 heterocycles. The van der Waals surface area contributed by atoms with Crippen molar-refractivity contribution in [2.45, 2.75) is 199 Å². The van der Waals surface area contributed by atoms with E-state index >= 15 is 0 Å². The quantitative estimate of drug-likeness (QED) is 0.0294. The second kappa shape index (κ2) is 44.0. The Bertz CT molecular complexity index is 1940. The van der Waals surface area contributed by atoms with Crippen molar-refractivity contribution >= 4 is 0 Å². The summed E-state index contributed by atoms with van der Waals surface area (Å²) < 4.78 is 37.8. The minimum absolute atomic E-state index is 0.210. The molecular weight excluding hydrogens is 949 g/mol. The lowest BCUT2D eigenvalue weighted by Gasteiger charge is -2.23. The van der Waals surface area contributed by atoms with Crippen LogP contribution >= 0.6 is 0 Å². The van der Waals surface area contributed by atoms with Crippen LogP contribution in [-0.4, -0.2) is 79.4 Å². The van der Waals surface area contributed by atoms with Gasteiger partial charge in [-0.05, 0) is 79.1 Å². The van der Waals surface area contributed by atoms with E-state index in [0.29, 0.717) is 42.9 Å². The van der Waals surface area contributed by atoms with Gasteiger partial charge in [0.05, 0.1) is 25.4 Å². The summed E-state index contributed by atoms with van der Waals surface area (Å²) in [6.45, 7) is 17.3. The average Bonchev–Trinajstić information content (AvgIpc) is 3.43. The number of rotatable bonds is 46. The van der Waals surface area contributed by atoms with Gasteiger partial charge in [-0.1, -0.05) is 221 Å². The topological polar surface area (TPSA) is 116 Å². The Morgan fingerprint density at radius 3 is 1.13 bits per heavy atom. The molecule has 0 spiro atoms. The molecule has 4 atom stereocenters. The molecule has 76 heavy (non-hydrogen) atoms. The lowest BCUT2D eigenvalue weighted by molar-refractivity contribution is -0.0476. The molecule has 9 heteroatoms. The van der Waals surface area contributed by atoms with Crippen LogP contribution in [0.4, 0.5) is 0 Å². The van der Waals surface area contributed by atoms with Crippen LogP contribution in [0.5, 0.6) is 28.7 Å². The standard InChI is InChI=1S/C58H90O8.C9H10O/c1-5-9-11-13-15-17-19-21-23-25-36-51(59)43-61-55(47-65-57-40-29-27-34-49(57)32-7-3)45-63-53-38-31-39-54(42-53)64-46-56(48-66-58-41-30-28-35-50(58)33-8-4)62-44-52(60)37-26-24-22-20-18-16-14-12-10-6-2;1-2-5-8-6-3-4-7-9(8)10/h7-8,27-31,34-35,38-42,51-52,55-56,59-60H,3-6,9-26,32-33,36-37,43-48H2,1-2H3;2-4,6-7,10H,1,5H2. The van der Waals surface area contributed by atoms with Gasteiger partial charge in [0.15, 0.2) is 0 Å². The summed E-state index contributed by atoms with van der Waals surface area (Å²) in [7, 11) is 0. The minimum atomic E-state index is -0.554. The normalized spacial score (nSPS) is 12.6. The second-order valence-corrected chi connectivity index (χ2v) is 20.2. The first-order chi connectivity index (χ1) is 37.3. The van der Waals surface area contributed by atoms with Crippen LogP contribution in [0.2, 0.25) is 0 Å². The zero-order valence-corrected chi connectivity index (χ0v) is 47.1. The van der Waals surface area contributed by atoms with Gasteiger partial charge in [-0.25, -0.2) is 0 Å². The molecular formula is C67H100O9. The predicted molar refractivity (Wildman–Crippen MR) is 316 cm³/mol. The second-order valence-electron chi connectivity index (χ2n) is 20.2. The number of allylic oxidation sites excluding steroid dienone is 3. The number of hydrogen-bond donors (Lipinski definition) is 3. The molecule has 4 rings (SSSR count). The fraction of sp³-hybridized carbons (Fsp3) is 0.552. The fourth-order valence-corrected chi connectivity index (χ4v) is 8.86. The zero-order chi connectivity index (χ0) is 54.5. The summed E-state index contributed by atoms with van der Waals surface area (Å²) in [5, 5.41) is 31.0. The van der Waals surface area contributed by atoms with Crippen LogP contribution in [0.1, 0.15) is 172 Å². The van der Waals surface area contributed by atoms with E-state index in [1.165, 1.54) is 103 Å². The Morgan fingerprint density at radius 2 is 0.737 bits per heavy atom. The molecule has 0 saturated heterocycles. The summed E-state index contributed by atoms with van der Waals surface area (Å²) in [5.74, 6) is 3.16. The minimum Gasteiger partial charge on any atom is -0.508 e. The SMILES string of the molecule is C=CCc1ccccc1O.C=CCc1ccccc1OCC(COc1cccc(OCC(COc2ccccc2CC=C)OCC(O)CCCCCCCCCCCC)c1)OCC(O)CCCCCCCCCCCC. The number of hydrogen-bond acceptors (Lipinski definition) is 9. The summed E-state index contributed by atoms with van der Waals surface area (Å²) in [4.78, 5) is 0. The smallest absolute Gasteiger partial charge is 0.125 e. The summed E-state index contributed by atoms with van der Waals surface area (Å²) >= 11 is 0. The largest absolute Gasteiger partial charge is 0.508 e. The van der Waals surface area contributed by atoms with E-state index in [1.807, 2.05) is 103 Å². The van der Waals surface area contributed by atoms with E-state index in [-0.39, 0.29) is 39.6 Å². The maximum absolute atomic E-state index is 10.9. The number of aromatic hydroxyl groups is 1. The van der Waals surface area contributed by atoms with Gasteiger partial charge in [0.25, 0.3) is 0 Å². The van der Waals surface area contributed by atoms with Gasteiger partial charge in [0, 0.05) is 6.07 Å². The lowest BCUT2D eigenvalue weighted by atomic mass is 10.0. The molecule has 0 aromatic heterocycles. The number of phenolic OH excluding ortho intramolecular Hbond substituents is 1. The van der Waals surface area contributed by atoms with Gasteiger partial charge >= 0.3 is 0 Å². The highest BCUT2D eigenvalue weighted by Gasteiger charge is 2.18. The Morgan fingerprint density at radius 1 is 0.395 bits per heavy atom. The monoisotopic (exact) mass is 1050 g/mol. The molecule has 4 aromatic carbocycles. The first kappa shape index (κ1) is 65.2. The first-order valence-corrected chi connectivity index (χ1v) is 29.3. The maximum atomic E-state index is 10.9. The summed E-state index contributed by atoms with van der Waals surface area (Å²) in [6, 6.07) is 30.7. The van der Waals surface area contributed by atoms with Crippen molar-refractivity contribution in [1.29, 1.82) is 0 Å². The van der Waals surface area contributed by atoms with Gasteiger partial charge in [0.1, 0.15) is 67.4 Å². The van der Waals surface area contributed by atoms with Gasteiger partial charge in [-0.3, -0.25) is 0 Å². The van der Waals surface area contributed by atoms with Crippen molar-refractivity contribution in [3.05, 3.63) is 152 Å². The van der Waals surface area contributed by atoms with E-state index in [1.54, 1.807) is 12.1 Å². The average molecular weight is 1050 g/mol. The fourth-order valence-electron chi connectivity index (χ4n) is 8.86. The molecule has 0 amide bonds. The summed E-state index contributed by atoms with van der Waals surface area (Å²) in [5.41, 5.74) is 3.03. The third-order valence-electron chi connectivity index (χ3n) is 13.4. The number of aliphatic hydroxyl groups excluding tert-OH is 2. The van der Waals surface area contributed by atoms with Crippen LogP contribution in [0.25, 0.3) is 0 Å². The molecule has 3 N–H and O–H groups in total. The van der Waals surface area contributed by atoms with Crippen molar-refractivity contribution in [3.63, 3.8) is 0 Å². The van der Waals surface area contributed by atoms with E-state index in [0.717, 1.165) is 60.3 Å². The molecule has 422 valence electrons. The maximum Gasteiger partial charge on any atom is 0.125 e. The van der Waals surface area contributed by atoms with E-state index in [2.05, 4.69) is 33.6 Å². The third kappa shape index (κ3) is 31.2. The molecule has 0 fully saturated rings. The number of unbranched alkanes of at least 4 members (excludes halogenated alkanes) is 18. The van der Waals surface area contributed by atoms with Crippen LogP contribution in [0, 0.1) is 0 Å². The molecule has 9 nitrogen and oxygen atoms in total. The number of para-hydroxylation sites is 3. The Hall–Kier alpha value is -5.06. The van der Waals surface area contributed by atoms with Crippen LogP contribution < -0.4 is 18.9 Å². The van der Waals surface area contributed by atoms with Gasteiger partial charge in [0.2, 0.25) is 0 Å². The van der Waals surface area contributed by atoms with Gasteiger partial charge < -0.3 is 43.7 Å². The number of phenols is 1. The molecule has 0 bridgehead atoms. The summed E-state index contributed by atoms with van der Waals surface area (Å²) in [6.07, 6.45) is 32.2. The van der Waals surface area contributed by atoms with E-state index in [4.69, 9.17) is 28.4 Å². The van der Waals surface area contributed by atoms with Crippen molar-refractivity contribution in [2.24, 2.45) is 0 Å². The van der Waals surface area contributed by atoms with Crippen molar-refractivity contribution in [3.8, 4) is 28.7 Å². The van der Waals surface area contributed by atoms with E-state index in [9.17, 15) is 15.3 Å². The molecule has 0 aliphatic carbocycles. The van der Waals surface area contributed by atoms with Crippen LogP contribution in [-0.2, 0) is 28.7 Å². The number of ether oxygens (including phenoxy) is 6. The van der Waals surface area contributed by atoms with Gasteiger partial charge in [-0.2, -0.15) is 0 Å². The highest BCUT2D eigenvalue weighted by molar-refractivity contribution is 5.36. The lowest BCUT2D eigenvalue weighted by Crippen LogP contribution is -2.32. The molecule has 0 saturated carbocycles. The third-order valence-corrected chi connectivity index (χ3v) is 13.4. The molecule has 0 radical (unpaired) electrons. The Labute approximate surface area is 460 Å². The highest BCUT2D eigenvalue weighted by atomic mass is 16.6. The predicted octanol–water partition coefficient (Wildman–Crippen LogP) is 16.3. The molecule has 0 aliphatic heterocycles. The first-order valence-electron chi connectivity index (χ1n) is 29.3. The van der Waals surface area contributed by atoms with Crippen molar-refractivity contribution < 1.29 is 43.7 Å². The van der Waals surface area contributed by atoms with Crippen LogP contribution in [0.3, 0.4) is 0 Å². The Balaban J connectivity index is 0.00000136. The number of benzene rings is 4. The zero-order valence-electron chi connectivity index (χ0n) is 47.1. The molecule has 0 aliphatic rings. The molecule has 4 aromatic rings. The van der Waals surface area contributed by atoms with Crippen molar-refractivity contribution in [1.82, 2.24) is 0 Å². The molecule has 4 unspecified atom stereocenters. The van der Waals surface area contributed by atoms with E-state index < -0.39 is 24.4 Å². The van der Waals surface area contributed by atoms with Crippen LogP contribution in [0.15, 0.2) is 135 Å². The highest BCUT2D eigenvalue weighted by Crippen LogP contribution is 2.24. The number of aliphatic hydroxyl groups is 2. The van der Waals surface area contributed by atoms with Crippen molar-refractivity contribution in [2.75, 3.05) is 39.6 Å².